The van der Waals surface area contributed by atoms with Gasteiger partial charge in [-0.3, -0.25) is 0 Å². The van der Waals surface area contributed by atoms with E-state index in [0.29, 0.717) is 11.3 Å². The number of nitrogens with zero attached hydrogens (tertiary/aromatic N) is 2. The van der Waals surface area contributed by atoms with Gasteiger partial charge in [-0.25, -0.2) is 14.6 Å². The molecule has 1 amide bonds. The largest absolute Gasteiger partial charge is 0.477 e. The molecular formula is C15H22N2O5. The molecule has 0 aliphatic carbocycles. The van der Waals surface area contributed by atoms with Gasteiger partial charge < -0.3 is 19.8 Å². The predicted molar refractivity (Wildman–Crippen MR) is 79.7 cm³/mol. The molecule has 0 radical (unpaired) electrons. The molecule has 0 aliphatic rings. The third-order valence-corrected chi connectivity index (χ3v) is 2.80. The van der Waals surface area contributed by atoms with Gasteiger partial charge in [-0.2, -0.15) is 0 Å². The SMILES string of the molecule is Cc1nc(C(=O)O)ccc1CN(CCO)C(=O)OC(C)(C)C. The lowest BCUT2D eigenvalue weighted by Gasteiger charge is -2.27. The molecule has 122 valence electrons. The number of pyridine rings is 1. The fraction of sp³-hybridized carbons (Fsp3) is 0.533. The summed E-state index contributed by atoms with van der Waals surface area (Å²) in [5.74, 6) is -1.10. The smallest absolute Gasteiger partial charge is 0.410 e. The van der Waals surface area contributed by atoms with Crippen LogP contribution in [0.3, 0.4) is 0 Å². The topological polar surface area (TPSA) is 100.0 Å². The number of aromatic carboxylic acids is 1. The first-order valence-electron chi connectivity index (χ1n) is 6.92. The molecule has 0 unspecified atom stereocenters. The lowest BCUT2D eigenvalue weighted by atomic mass is 10.1. The molecule has 0 spiro atoms. The Hall–Kier alpha value is -2.15. The van der Waals surface area contributed by atoms with Crippen LogP contribution in [-0.2, 0) is 11.3 Å². The van der Waals surface area contributed by atoms with Gasteiger partial charge >= 0.3 is 12.1 Å². The number of hydrogen-bond donors (Lipinski definition) is 2. The zero-order valence-electron chi connectivity index (χ0n) is 13.3. The monoisotopic (exact) mass is 310 g/mol. The number of aryl methyl sites for hydroxylation is 1. The molecule has 7 heteroatoms. The molecule has 1 rings (SSSR count). The standard InChI is InChI=1S/C15H22N2O5/c1-10-11(5-6-12(16-10)13(19)20)9-17(7-8-18)14(21)22-15(2,3)4/h5-6,18H,7-9H2,1-4H3,(H,19,20). The van der Waals surface area contributed by atoms with Gasteiger partial charge in [0.25, 0.3) is 0 Å². The second kappa shape index (κ2) is 7.22. The minimum atomic E-state index is -1.10. The first-order chi connectivity index (χ1) is 10.1. The Morgan fingerprint density at radius 1 is 1.32 bits per heavy atom. The average Bonchev–Trinajstić information content (AvgIpc) is 2.37. The van der Waals surface area contributed by atoms with E-state index in [1.807, 2.05) is 0 Å². The van der Waals surface area contributed by atoms with Crippen LogP contribution in [0.5, 0.6) is 0 Å². The maximum absolute atomic E-state index is 12.1. The van der Waals surface area contributed by atoms with Gasteiger partial charge in [-0.1, -0.05) is 6.07 Å². The van der Waals surface area contributed by atoms with E-state index in [-0.39, 0.29) is 25.4 Å². The Balaban J connectivity index is 2.91. The van der Waals surface area contributed by atoms with Crippen LogP contribution in [0.2, 0.25) is 0 Å². The van der Waals surface area contributed by atoms with Crippen LogP contribution in [0.15, 0.2) is 12.1 Å². The van der Waals surface area contributed by atoms with Crippen molar-refractivity contribution < 1.29 is 24.5 Å². The summed E-state index contributed by atoms with van der Waals surface area (Å²) in [6.45, 7) is 7.07. The van der Waals surface area contributed by atoms with E-state index in [4.69, 9.17) is 14.9 Å². The number of rotatable bonds is 5. The van der Waals surface area contributed by atoms with Crippen LogP contribution in [0.25, 0.3) is 0 Å². The third kappa shape index (κ3) is 5.33. The number of carboxylic acids is 1. The van der Waals surface area contributed by atoms with Gasteiger partial charge in [-0.05, 0) is 39.3 Å². The summed E-state index contributed by atoms with van der Waals surface area (Å²) in [4.78, 5) is 28.3. The van der Waals surface area contributed by atoms with Crippen molar-refractivity contribution in [3.63, 3.8) is 0 Å². The molecule has 0 bridgehead atoms. The molecule has 0 saturated carbocycles. The number of carboxylic acid groups (broad SMARTS) is 1. The Morgan fingerprint density at radius 2 is 1.95 bits per heavy atom. The van der Waals surface area contributed by atoms with Gasteiger partial charge in [0.1, 0.15) is 11.3 Å². The highest BCUT2D eigenvalue weighted by molar-refractivity contribution is 5.85. The van der Waals surface area contributed by atoms with Crippen LogP contribution < -0.4 is 0 Å². The average molecular weight is 310 g/mol. The molecular weight excluding hydrogens is 288 g/mol. The van der Waals surface area contributed by atoms with Crippen LogP contribution >= 0.6 is 0 Å². The second-order valence-electron chi connectivity index (χ2n) is 5.87. The Labute approximate surface area is 129 Å². The maximum Gasteiger partial charge on any atom is 0.410 e. The van der Waals surface area contributed by atoms with E-state index in [2.05, 4.69) is 4.98 Å². The Bertz CT molecular complexity index is 551. The lowest BCUT2D eigenvalue weighted by Crippen LogP contribution is -2.38. The van der Waals surface area contributed by atoms with E-state index in [0.717, 1.165) is 0 Å². The number of aromatic nitrogens is 1. The number of aliphatic hydroxyl groups is 1. The molecule has 22 heavy (non-hydrogen) atoms. The predicted octanol–water partition coefficient (Wildman–Crippen LogP) is 1.82. The zero-order chi connectivity index (χ0) is 16.9. The van der Waals surface area contributed by atoms with Crippen molar-refractivity contribution >= 4 is 12.1 Å². The number of carbonyl (C=O) groups excluding carboxylic acids is 1. The van der Waals surface area contributed by atoms with Gasteiger partial charge in [0.05, 0.1) is 13.2 Å². The quantitative estimate of drug-likeness (QED) is 0.860. The van der Waals surface area contributed by atoms with E-state index < -0.39 is 17.7 Å². The fourth-order valence-corrected chi connectivity index (χ4v) is 1.76. The number of carbonyl (C=O) groups is 2. The summed E-state index contributed by atoms with van der Waals surface area (Å²) in [6.07, 6.45) is -0.539. The highest BCUT2D eigenvalue weighted by atomic mass is 16.6. The summed E-state index contributed by atoms with van der Waals surface area (Å²) >= 11 is 0. The van der Waals surface area contributed by atoms with Crippen LogP contribution in [-0.4, -0.2) is 50.9 Å². The molecule has 0 fully saturated rings. The van der Waals surface area contributed by atoms with Crippen molar-refractivity contribution in [1.82, 2.24) is 9.88 Å². The molecule has 0 aliphatic heterocycles. The summed E-state index contributed by atoms with van der Waals surface area (Å²) < 4.78 is 5.29. The number of amides is 1. The first kappa shape index (κ1) is 17.9. The van der Waals surface area contributed by atoms with Crippen molar-refractivity contribution in [3.8, 4) is 0 Å². The van der Waals surface area contributed by atoms with Crippen LogP contribution in [0.4, 0.5) is 4.79 Å². The zero-order valence-corrected chi connectivity index (χ0v) is 13.3. The van der Waals surface area contributed by atoms with Gasteiger partial charge in [0.15, 0.2) is 0 Å². The minimum Gasteiger partial charge on any atom is -0.477 e. The summed E-state index contributed by atoms with van der Waals surface area (Å²) in [5, 5.41) is 18.0. The van der Waals surface area contributed by atoms with Crippen molar-refractivity contribution in [2.24, 2.45) is 0 Å². The molecule has 1 heterocycles. The van der Waals surface area contributed by atoms with Gasteiger partial charge in [0, 0.05) is 12.2 Å². The van der Waals surface area contributed by atoms with Gasteiger partial charge in [0.2, 0.25) is 0 Å². The van der Waals surface area contributed by atoms with Crippen molar-refractivity contribution in [2.75, 3.05) is 13.2 Å². The summed E-state index contributed by atoms with van der Waals surface area (Å²) in [6, 6.07) is 3.00. The van der Waals surface area contributed by atoms with Crippen LogP contribution in [0.1, 0.15) is 42.5 Å². The molecule has 0 aromatic carbocycles. The lowest BCUT2D eigenvalue weighted by molar-refractivity contribution is 0.0201. The van der Waals surface area contributed by atoms with Crippen molar-refractivity contribution in [3.05, 3.63) is 29.1 Å². The molecule has 1 aromatic heterocycles. The Kier molecular flexibility index (Phi) is 5.87. The minimum absolute atomic E-state index is 0.0489. The molecule has 2 N–H and O–H groups in total. The summed E-state index contributed by atoms with van der Waals surface area (Å²) in [7, 11) is 0. The fourth-order valence-electron chi connectivity index (χ4n) is 1.76. The Morgan fingerprint density at radius 3 is 2.41 bits per heavy atom. The second-order valence-corrected chi connectivity index (χ2v) is 5.87. The van der Waals surface area contributed by atoms with Crippen molar-refractivity contribution in [1.29, 1.82) is 0 Å². The van der Waals surface area contributed by atoms with Crippen LogP contribution in [0, 0.1) is 6.92 Å². The molecule has 1 aromatic rings. The third-order valence-electron chi connectivity index (χ3n) is 2.80. The number of hydrogen-bond acceptors (Lipinski definition) is 5. The van der Waals surface area contributed by atoms with E-state index in [1.54, 1.807) is 33.8 Å². The van der Waals surface area contributed by atoms with Crippen molar-refractivity contribution in [2.45, 2.75) is 39.8 Å². The normalized spacial score (nSPS) is 11.1. The van der Waals surface area contributed by atoms with E-state index in [1.165, 1.54) is 11.0 Å². The van der Waals surface area contributed by atoms with E-state index >= 15 is 0 Å². The number of ether oxygens (including phenoxy) is 1. The highest BCUT2D eigenvalue weighted by Crippen LogP contribution is 2.14. The molecule has 0 saturated heterocycles. The van der Waals surface area contributed by atoms with Gasteiger partial charge in [-0.15, -0.1) is 0 Å². The molecule has 0 atom stereocenters. The summed E-state index contributed by atoms with van der Waals surface area (Å²) in [5.41, 5.74) is 0.536. The maximum atomic E-state index is 12.1. The van der Waals surface area contributed by atoms with E-state index in [9.17, 15) is 9.59 Å². The number of aliphatic hydroxyl groups excluding tert-OH is 1. The highest BCUT2D eigenvalue weighted by Gasteiger charge is 2.22. The first-order valence-corrected chi connectivity index (χ1v) is 6.92. The molecule has 7 nitrogen and oxygen atoms in total.